The van der Waals surface area contributed by atoms with Gasteiger partial charge in [0.2, 0.25) is 5.75 Å². The second kappa shape index (κ2) is 4.44. The molecule has 0 aliphatic carbocycles. The molecule has 1 aromatic rings. The molecule has 0 saturated carbocycles. The average Bonchev–Trinajstić information content (AvgIpc) is 2.18. The molecule has 17 heavy (non-hydrogen) atoms. The third-order valence-corrected chi connectivity index (χ3v) is 1.73. The number of rotatable bonds is 3. The minimum atomic E-state index is -5.21. The molecule has 1 rings (SSSR count). The first-order valence-corrected chi connectivity index (χ1v) is 4.06. The van der Waals surface area contributed by atoms with Crippen molar-refractivity contribution in [3.8, 4) is 5.75 Å². The molecule has 0 radical (unpaired) electrons. The maximum Gasteiger partial charge on any atom is 0.573 e. The number of H-pyrrole nitrogens is 1. The quantitative estimate of drug-likeness (QED) is 0.801. The molecule has 0 aliphatic rings. The first-order chi connectivity index (χ1) is 7.76. The van der Waals surface area contributed by atoms with E-state index in [1.807, 2.05) is 0 Å². The van der Waals surface area contributed by atoms with Gasteiger partial charge in [0.15, 0.2) is 0 Å². The molecule has 94 valence electrons. The maximum atomic E-state index is 12.5. The van der Waals surface area contributed by atoms with Gasteiger partial charge >= 0.3 is 12.3 Å². The SMILES string of the molecule is O=C(O)c1c[nH]c(=O)c(OC(F)(F)F)c1CF. The highest BCUT2D eigenvalue weighted by atomic mass is 19.4. The van der Waals surface area contributed by atoms with Crippen molar-refractivity contribution in [2.24, 2.45) is 0 Å². The van der Waals surface area contributed by atoms with Gasteiger partial charge < -0.3 is 14.8 Å². The molecule has 2 N–H and O–H groups in total. The number of halogens is 4. The van der Waals surface area contributed by atoms with Crippen LogP contribution in [-0.2, 0) is 6.67 Å². The van der Waals surface area contributed by atoms with Gasteiger partial charge in [0.25, 0.3) is 5.56 Å². The number of aromatic amines is 1. The summed E-state index contributed by atoms with van der Waals surface area (Å²) in [4.78, 5) is 23.3. The zero-order valence-electron chi connectivity index (χ0n) is 7.97. The fraction of sp³-hybridized carbons (Fsp3) is 0.250. The van der Waals surface area contributed by atoms with E-state index in [1.165, 1.54) is 0 Å². The number of hydrogen-bond donors (Lipinski definition) is 2. The van der Waals surface area contributed by atoms with Crippen molar-refractivity contribution in [1.29, 1.82) is 0 Å². The van der Waals surface area contributed by atoms with Crippen LogP contribution in [0.1, 0.15) is 15.9 Å². The van der Waals surface area contributed by atoms with Gasteiger partial charge in [0.05, 0.1) is 5.56 Å². The second-order valence-electron chi connectivity index (χ2n) is 2.83. The number of aromatic carboxylic acids is 1. The zero-order chi connectivity index (χ0) is 13.2. The van der Waals surface area contributed by atoms with Crippen molar-refractivity contribution in [3.63, 3.8) is 0 Å². The van der Waals surface area contributed by atoms with Crippen LogP contribution in [0.2, 0.25) is 0 Å². The number of pyridine rings is 1. The van der Waals surface area contributed by atoms with E-state index in [4.69, 9.17) is 5.11 Å². The van der Waals surface area contributed by atoms with Gasteiger partial charge in [-0.3, -0.25) is 4.79 Å². The topological polar surface area (TPSA) is 79.4 Å². The molecule has 5 nitrogen and oxygen atoms in total. The Morgan fingerprint density at radius 2 is 2.06 bits per heavy atom. The number of carboxylic acid groups (broad SMARTS) is 1. The minimum absolute atomic E-state index is 0.600. The molecule has 9 heteroatoms. The predicted octanol–water partition coefficient (Wildman–Crippen LogP) is 1.44. The average molecular weight is 255 g/mol. The summed E-state index contributed by atoms with van der Waals surface area (Å²) >= 11 is 0. The molecule has 0 saturated heterocycles. The lowest BCUT2D eigenvalue weighted by Crippen LogP contribution is -2.25. The number of aromatic nitrogens is 1. The van der Waals surface area contributed by atoms with E-state index in [0.29, 0.717) is 6.20 Å². The van der Waals surface area contributed by atoms with Crippen molar-refractivity contribution in [3.05, 3.63) is 27.7 Å². The lowest BCUT2D eigenvalue weighted by Gasteiger charge is -2.11. The van der Waals surface area contributed by atoms with E-state index in [9.17, 15) is 27.2 Å². The summed E-state index contributed by atoms with van der Waals surface area (Å²) in [6.07, 6.45) is -4.61. The fourth-order valence-corrected chi connectivity index (χ4v) is 1.10. The van der Waals surface area contributed by atoms with E-state index in [-0.39, 0.29) is 0 Å². The third-order valence-electron chi connectivity index (χ3n) is 1.73. The summed E-state index contributed by atoms with van der Waals surface area (Å²) in [6, 6.07) is 0. The molecule has 0 fully saturated rings. The second-order valence-corrected chi connectivity index (χ2v) is 2.83. The summed E-state index contributed by atoms with van der Waals surface area (Å²) in [6.45, 7) is -1.57. The first-order valence-electron chi connectivity index (χ1n) is 4.06. The number of hydrogen-bond acceptors (Lipinski definition) is 3. The van der Waals surface area contributed by atoms with Gasteiger partial charge in [0.1, 0.15) is 6.67 Å². The van der Waals surface area contributed by atoms with E-state index in [1.54, 1.807) is 4.98 Å². The lowest BCUT2D eigenvalue weighted by atomic mass is 10.1. The van der Waals surface area contributed by atoms with Gasteiger partial charge in [-0.05, 0) is 0 Å². The van der Waals surface area contributed by atoms with Crippen LogP contribution < -0.4 is 10.3 Å². The number of ether oxygens (including phenoxy) is 1. The summed E-state index contributed by atoms with van der Waals surface area (Å²) in [5.74, 6) is -3.08. The predicted molar refractivity (Wildman–Crippen MR) is 45.5 cm³/mol. The molecule has 0 aromatic carbocycles. The Balaban J connectivity index is 3.41. The first kappa shape index (κ1) is 13.0. The lowest BCUT2D eigenvalue weighted by molar-refractivity contribution is -0.275. The highest BCUT2D eigenvalue weighted by molar-refractivity contribution is 5.89. The monoisotopic (exact) mass is 255 g/mol. The number of carbonyl (C=O) groups is 1. The van der Waals surface area contributed by atoms with Crippen LogP contribution in [0.15, 0.2) is 11.0 Å². The van der Waals surface area contributed by atoms with Crippen molar-refractivity contribution in [1.82, 2.24) is 4.98 Å². The molecule has 0 bridgehead atoms. The zero-order valence-corrected chi connectivity index (χ0v) is 7.97. The molecule has 0 aliphatic heterocycles. The Morgan fingerprint density at radius 3 is 2.47 bits per heavy atom. The summed E-state index contributed by atoms with van der Waals surface area (Å²) < 4.78 is 51.6. The number of carboxylic acids is 1. The van der Waals surface area contributed by atoms with E-state index in [2.05, 4.69) is 4.74 Å². The molecular formula is C8H5F4NO4. The van der Waals surface area contributed by atoms with Gasteiger partial charge in [-0.15, -0.1) is 13.2 Å². The fourth-order valence-electron chi connectivity index (χ4n) is 1.10. The van der Waals surface area contributed by atoms with Gasteiger partial charge in [-0.25, -0.2) is 9.18 Å². The van der Waals surface area contributed by atoms with Gasteiger partial charge in [-0.2, -0.15) is 0 Å². The summed E-state index contributed by atoms with van der Waals surface area (Å²) in [7, 11) is 0. The van der Waals surface area contributed by atoms with Crippen molar-refractivity contribution in [2.45, 2.75) is 13.0 Å². The minimum Gasteiger partial charge on any atom is -0.478 e. The van der Waals surface area contributed by atoms with Crippen LogP contribution in [0.5, 0.6) is 5.75 Å². The van der Waals surface area contributed by atoms with E-state index < -0.39 is 41.4 Å². The van der Waals surface area contributed by atoms with Crippen LogP contribution in [0.4, 0.5) is 17.6 Å². The normalized spacial score (nSPS) is 11.3. The van der Waals surface area contributed by atoms with Gasteiger partial charge in [0, 0.05) is 11.8 Å². The van der Waals surface area contributed by atoms with E-state index >= 15 is 0 Å². The van der Waals surface area contributed by atoms with E-state index in [0.717, 1.165) is 0 Å². The molecule has 1 heterocycles. The number of nitrogens with one attached hydrogen (secondary N) is 1. The van der Waals surface area contributed by atoms with Crippen LogP contribution in [-0.4, -0.2) is 22.4 Å². The van der Waals surface area contributed by atoms with Crippen molar-refractivity contribution < 1.29 is 32.2 Å². The Bertz CT molecular complexity index is 493. The summed E-state index contributed by atoms with van der Waals surface area (Å²) in [5.41, 5.74) is -3.12. The smallest absolute Gasteiger partial charge is 0.478 e. The third kappa shape index (κ3) is 2.95. The standard InChI is InChI=1S/C8H5F4NO4/c9-1-3-4(7(15)16)2-13-6(14)5(3)17-8(10,11)12/h2H,1H2,(H,13,14)(H,15,16). The van der Waals surface area contributed by atoms with Crippen LogP contribution >= 0.6 is 0 Å². The Kier molecular flexibility index (Phi) is 3.39. The van der Waals surface area contributed by atoms with Gasteiger partial charge in [-0.1, -0.05) is 0 Å². The van der Waals surface area contributed by atoms with Crippen LogP contribution in [0, 0.1) is 0 Å². The Labute approximate surface area is 90.6 Å². The molecule has 1 aromatic heterocycles. The maximum absolute atomic E-state index is 12.5. The van der Waals surface area contributed by atoms with Crippen LogP contribution in [0.25, 0.3) is 0 Å². The number of alkyl halides is 4. The molecule has 0 atom stereocenters. The van der Waals surface area contributed by atoms with Crippen molar-refractivity contribution >= 4 is 5.97 Å². The van der Waals surface area contributed by atoms with Crippen molar-refractivity contribution in [2.75, 3.05) is 0 Å². The molecule has 0 spiro atoms. The molecular weight excluding hydrogens is 250 g/mol. The largest absolute Gasteiger partial charge is 0.573 e. The highest BCUT2D eigenvalue weighted by Crippen LogP contribution is 2.25. The summed E-state index contributed by atoms with van der Waals surface area (Å²) in [5, 5.41) is 8.58. The molecule has 0 amide bonds. The molecule has 0 unspecified atom stereocenters. The Morgan fingerprint density at radius 1 is 1.47 bits per heavy atom. The Hall–Kier alpha value is -2.06. The van der Waals surface area contributed by atoms with Crippen LogP contribution in [0.3, 0.4) is 0 Å². The highest BCUT2D eigenvalue weighted by Gasteiger charge is 2.34.